The highest BCUT2D eigenvalue weighted by Gasteiger charge is 2.25. The van der Waals surface area contributed by atoms with Crippen molar-refractivity contribution in [1.29, 1.82) is 0 Å². The van der Waals surface area contributed by atoms with Crippen molar-refractivity contribution in [3.05, 3.63) is 45.8 Å². The van der Waals surface area contributed by atoms with E-state index in [4.69, 9.17) is 10.2 Å². The molecule has 0 bridgehead atoms. The zero-order valence-electron chi connectivity index (χ0n) is 8.89. The Hall–Kier alpha value is -2.35. The van der Waals surface area contributed by atoms with E-state index < -0.39 is 27.8 Å². The number of oxazole rings is 1. The zero-order chi connectivity index (χ0) is 13.3. The van der Waals surface area contributed by atoms with Gasteiger partial charge in [-0.2, -0.15) is 4.39 Å². The van der Waals surface area contributed by atoms with Crippen LogP contribution >= 0.6 is 0 Å². The van der Waals surface area contributed by atoms with Gasteiger partial charge in [-0.05, 0) is 6.07 Å². The number of halogens is 2. The van der Waals surface area contributed by atoms with E-state index in [1.165, 1.54) is 0 Å². The molecule has 0 saturated heterocycles. The van der Waals surface area contributed by atoms with Gasteiger partial charge in [0.2, 0.25) is 11.7 Å². The molecule has 0 aliphatic rings. The number of rotatable bonds is 3. The van der Waals surface area contributed by atoms with E-state index in [-0.39, 0.29) is 18.1 Å². The van der Waals surface area contributed by atoms with Gasteiger partial charge in [0.15, 0.2) is 0 Å². The lowest BCUT2D eigenvalue weighted by Gasteiger charge is -2.01. The lowest BCUT2D eigenvalue weighted by Crippen LogP contribution is -1.99. The maximum atomic E-state index is 13.8. The average Bonchev–Trinajstić information content (AvgIpc) is 2.77. The molecule has 2 rings (SSSR count). The summed E-state index contributed by atoms with van der Waals surface area (Å²) in [4.78, 5) is 13.3. The molecule has 1 aromatic heterocycles. The van der Waals surface area contributed by atoms with Crippen LogP contribution in [0.5, 0.6) is 0 Å². The first-order valence-electron chi connectivity index (χ1n) is 4.81. The fourth-order valence-electron chi connectivity index (χ4n) is 1.39. The Morgan fingerprint density at radius 1 is 1.44 bits per heavy atom. The molecule has 2 N–H and O–H groups in total. The summed E-state index contributed by atoms with van der Waals surface area (Å²) in [7, 11) is 0. The van der Waals surface area contributed by atoms with Crippen molar-refractivity contribution in [3.63, 3.8) is 0 Å². The van der Waals surface area contributed by atoms with Crippen molar-refractivity contribution < 1.29 is 18.1 Å². The minimum Gasteiger partial charge on any atom is -0.444 e. The van der Waals surface area contributed by atoms with Crippen molar-refractivity contribution in [2.45, 2.75) is 6.54 Å². The predicted molar refractivity (Wildman–Crippen MR) is 56.4 cm³/mol. The maximum Gasteiger partial charge on any atom is 0.305 e. The van der Waals surface area contributed by atoms with Gasteiger partial charge in [0.25, 0.3) is 0 Å². The van der Waals surface area contributed by atoms with Crippen molar-refractivity contribution in [2.75, 3.05) is 0 Å². The minimum absolute atomic E-state index is 0.0294. The van der Waals surface area contributed by atoms with Crippen molar-refractivity contribution in [2.24, 2.45) is 5.73 Å². The molecule has 0 aliphatic heterocycles. The Kier molecular flexibility index (Phi) is 3.02. The minimum atomic E-state index is -1.33. The highest BCUT2D eigenvalue weighted by molar-refractivity contribution is 5.60. The van der Waals surface area contributed by atoms with Crippen molar-refractivity contribution in [1.82, 2.24) is 4.98 Å². The lowest BCUT2D eigenvalue weighted by molar-refractivity contribution is -0.387. The van der Waals surface area contributed by atoms with Crippen molar-refractivity contribution in [3.8, 4) is 11.5 Å². The normalized spacial score (nSPS) is 10.6. The second-order valence-corrected chi connectivity index (χ2v) is 3.36. The third-order valence-electron chi connectivity index (χ3n) is 2.24. The molecule has 0 spiro atoms. The number of hydrogen-bond acceptors (Lipinski definition) is 5. The Morgan fingerprint density at radius 2 is 2.17 bits per heavy atom. The van der Waals surface area contributed by atoms with Gasteiger partial charge in [-0.3, -0.25) is 10.1 Å². The topological polar surface area (TPSA) is 95.2 Å². The maximum absolute atomic E-state index is 13.8. The standard InChI is InChI=1S/C10H7F2N3O3/c11-6-1-2-7(15(16)17)9(12)8(6)10-14-5(3-13)4-18-10/h1-2,4H,3,13H2. The number of nitro benzene ring substituents is 1. The van der Waals surface area contributed by atoms with Crippen LogP contribution in [0.25, 0.3) is 11.5 Å². The molecule has 0 radical (unpaired) electrons. The molecule has 0 aliphatic carbocycles. The van der Waals surface area contributed by atoms with Gasteiger partial charge < -0.3 is 10.2 Å². The van der Waals surface area contributed by atoms with Crippen LogP contribution in [0, 0.1) is 21.7 Å². The lowest BCUT2D eigenvalue weighted by atomic mass is 10.1. The van der Waals surface area contributed by atoms with Crippen LogP contribution in [0.3, 0.4) is 0 Å². The molecule has 1 aromatic carbocycles. The third-order valence-corrected chi connectivity index (χ3v) is 2.24. The van der Waals surface area contributed by atoms with Crippen LogP contribution in [0.2, 0.25) is 0 Å². The molecule has 1 heterocycles. The smallest absolute Gasteiger partial charge is 0.305 e. The third kappa shape index (κ3) is 1.93. The van der Waals surface area contributed by atoms with Gasteiger partial charge in [0.05, 0.1) is 10.6 Å². The highest BCUT2D eigenvalue weighted by atomic mass is 19.1. The predicted octanol–water partition coefficient (Wildman–Crippen LogP) is 1.99. The Morgan fingerprint density at radius 3 is 2.72 bits per heavy atom. The molecule has 18 heavy (non-hydrogen) atoms. The average molecular weight is 255 g/mol. The number of nitrogens with two attached hydrogens (primary N) is 1. The summed E-state index contributed by atoms with van der Waals surface area (Å²) in [6.07, 6.45) is 1.13. The summed E-state index contributed by atoms with van der Waals surface area (Å²) in [5.41, 5.74) is 4.04. The van der Waals surface area contributed by atoms with Gasteiger partial charge in [-0.25, -0.2) is 9.37 Å². The molecule has 8 heteroatoms. The van der Waals surface area contributed by atoms with Crippen LogP contribution in [-0.2, 0) is 6.54 Å². The summed E-state index contributed by atoms with van der Waals surface area (Å²) in [6.45, 7) is 0.0294. The van der Waals surface area contributed by atoms with Crippen molar-refractivity contribution >= 4 is 5.69 Å². The van der Waals surface area contributed by atoms with Gasteiger partial charge in [0.1, 0.15) is 17.6 Å². The molecule has 0 unspecified atom stereocenters. The molecular weight excluding hydrogens is 248 g/mol. The number of aromatic nitrogens is 1. The molecular formula is C10H7F2N3O3. The van der Waals surface area contributed by atoms with Crippen LogP contribution < -0.4 is 5.73 Å². The quantitative estimate of drug-likeness (QED) is 0.668. The van der Waals surface area contributed by atoms with E-state index in [0.29, 0.717) is 0 Å². The van der Waals surface area contributed by atoms with Crippen LogP contribution in [0.1, 0.15) is 5.69 Å². The largest absolute Gasteiger partial charge is 0.444 e. The second-order valence-electron chi connectivity index (χ2n) is 3.36. The summed E-state index contributed by atoms with van der Waals surface area (Å²) in [5.74, 6) is -2.71. The number of benzene rings is 1. The molecule has 0 atom stereocenters. The second kappa shape index (κ2) is 4.49. The van der Waals surface area contributed by atoms with E-state index >= 15 is 0 Å². The molecule has 0 saturated carbocycles. The Balaban J connectivity index is 2.62. The monoisotopic (exact) mass is 255 g/mol. The highest BCUT2D eigenvalue weighted by Crippen LogP contribution is 2.31. The molecule has 6 nitrogen and oxygen atoms in total. The molecule has 94 valence electrons. The zero-order valence-corrected chi connectivity index (χ0v) is 8.89. The van der Waals surface area contributed by atoms with Crippen LogP contribution in [-0.4, -0.2) is 9.91 Å². The molecule has 0 fully saturated rings. The number of nitrogens with zero attached hydrogens (tertiary/aromatic N) is 2. The first-order valence-corrected chi connectivity index (χ1v) is 4.81. The van der Waals surface area contributed by atoms with Crippen LogP contribution in [0.15, 0.2) is 22.8 Å². The number of hydrogen-bond donors (Lipinski definition) is 1. The first kappa shape index (κ1) is 12.1. The Bertz CT molecular complexity index is 612. The number of nitro groups is 1. The summed E-state index contributed by atoms with van der Waals surface area (Å²) in [6, 6.07) is 1.52. The van der Waals surface area contributed by atoms with E-state index in [9.17, 15) is 18.9 Å². The fraction of sp³-hybridized carbons (Fsp3) is 0.100. The van der Waals surface area contributed by atoms with Gasteiger partial charge in [0, 0.05) is 12.6 Å². The molecule has 0 amide bonds. The van der Waals surface area contributed by atoms with E-state index in [1.54, 1.807) is 0 Å². The van der Waals surface area contributed by atoms with E-state index in [0.717, 1.165) is 18.4 Å². The van der Waals surface area contributed by atoms with Gasteiger partial charge in [-0.1, -0.05) is 0 Å². The first-order chi connectivity index (χ1) is 8.54. The van der Waals surface area contributed by atoms with Crippen LogP contribution in [0.4, 0.5) is 14.5 Å². The SMILES string of the molecule is NCc1coc(-c2c(F)ccc([N+](=O)[O-])c2F)n1. The molecule has 2 aromatic rings. The fourth-order valence-corrected chi connectivity index (χ4v) is 1.39. The van der Waals surface area contributed by atoms with E-state index in [1.807, 2.05) is 0 Å². The van der Waals surface area contributed by atoms with Gasteiger partial charge >= 0.3 is 5.69 Å². The summed E-state index contributed by atoms with van der Waals surface area (Å²) >= 11 is 0. The van der Waals surface area contributed by atoms with Gasteiger partial charge in [-0.15, -0.1) is 0 Å². The van der Waals surface area contributed by atoms with E-state index in [2.05, 4.69) is 4.98 Å². The summed E-state index contributed by atoms with van der Waals surface area (Å²) in [5, 5.41) is 10.6. The Labute approximate surface area is 99.2 Å². The summed E-state index contributed by atoms with van der Waals surface area (Å²) < 4.78 is 32.1.